The standard InChI is InChI=1S/C6H6ClN3O2S2/c7-5-6(10-13-9-5)8-4-1-2-14(11,12)3-4/h1-2,4H,3H2,(H,8,10). The van der Waals surface area contributed by atoms with E-state index in [9.17, 15) is 8.42 Å². The van der Waals surface area contributed by atoms with Gasteiger partial charge in [-0.05, 0) is 6.08 Å². The quantitative estimate of drug-likeness (QED) is 0.846. The van der Waals surface area contributed by atoms with Gasteiger partial charge in [0.25, 0.3) is 0 Å². The average Bonchev–Trinajstić information content (AvgIpc) is 2.61. The molecule has 2 rings (SSSR count). The van der Waals surface area contributed by atoms with Crippen molar-refractivity contribution in [3.8, 4) is 0 Å². The highest BCUT2D eigenvalue weighted by Crippen LogP contribution is 2.21. The minimum absolute atomic E-state index is 0.0425. The molecule has 2 heterocycles. The van der Waals surface area contributed by atoms with Gasteiger partial charge in [0.05, 0.1) is 23.5 Å². The Bertz CT molecular complexity index is 467. The molecule has 1 aliphatic rings. The molecule has 0 spiro atoms. The summed E-state index contributed by atoms with van der Waals surface area (Å²) in [6, 6.07) is -0.263. The van der Waals surface area contributed by atoms with Crippen LogP contribution in [0.2, 0.25) is 5.15 Å². The van der Waals surface area contributed by atoms with Gasteiger partial charge in [0, 0.05) is 5.41 Å². The normalized spacial score (nSPS) is 23.9. The third kappa shape index (κ3) is 2.05. The van der Waals surface area contributed by atoms with Crippen LogP contribution in [0.4, 0.5) is 5.82 Å². The van der Waals surface area contributed by atoms with Crippen molar-refractivity contribution in [3.63, 3.8) is 0 Å². The number of rotatable bonds is 2. The van der Waals surface area contributed by atoms with Crippen LogP contribution >= 0.6 is 23.3 Å². The van der Waals surface area contributed by atoms with Crippen LogP contribution in [0.1, 0.15) is 0 Å². The maximum Gasteiger partial charge on any atom is 0.186 e. The van der Waals surface area contributed by atoms with Gasteiger partial charge in [-0.25, -0.2) is 8.42 Å². The Morgan fingerprint density at radius 3 is 2.86 bits per heavy atom. The van der Waals surface area contributed by atoms with Crippen LogP contribution in [0, 0.1) is 0 Å². The molecule has 76 valence electrons. The van der Waals surface area contributed by atoms with Crippen molar-refractivity contribution in [1.29, 1.82) is 0 Å². The molecule has 8 heteroatoms. The van der Waals surface area contributed by atoms with E-state index in [1.165, 1.54) is 5.41 Å². The maximum atomic E-state index is 11.1. The summed E-state index contributed by atoms with van der Waals surface area (Å²) in [7, 11) is -3.04. The molecular formula is C6H6ClN3O2S2. The Labute approximate surface area is 90.0 Å². The van der Waals surface area contributed by atoms with E-state index in [0.717, 1.165) is 11.7 Å². The zero-order valence-electron chi connectivity index (χ0n) is 6.84. The van der Waals surface area contributed by atoms with Gasteiger partial charge in [-0.1, -0.05) is 11.6 Å². The van der Waals surface area contributed by atoms with Gasteiger partial charge in [0.2, 0.25) is 0 Å². The zero-order valence-corrected chi connectivity index (χ0v) is 9.23. The summed E-state index contributed by atoms with van der Waals surface area (Å²) in [6.07, 6.45) is 1.57. The molecule has 1 aromatic rings. The highest BCUT2D eigenvalue weighted by molar-refractivity contribution is 7.94. The summed E-state index contributed by atoms with van der Waals surface area (Å²) in [5.41, 5.74) is 0. The lowest BCUT2D eigenvalue weighted by molar-refractivity contribution is 0.605. The van der Waals surface area contributed by atoms with Crippen molar-refractivity contribution in [3.05, 3.63) is 16.6 Å². The predicted octanol–water partition coefficient (Wildman–Crippen LogP) is 0.914. The fraction of sp³-hybridized carbons (Fsp3) is 0.333. The van der Waals surface area contributed by atoms with Crippen LogP contribution in [0.15, 0.2) is 11.5 Å². The SMILES string of the molecule is O=S1(=O)C=CC(Nc2nsnc2Cl)C1. The van der Waals surface area contributed by atoms with Crippen molar-refractivity contribution in [1.82, 2.24) is 8.75 Å². The lowest BCUT2D eigenvalue weighted by Crippen LogP contribution is -2.21. The van der Waals surface area contributed by atoms with Gasteiger partial charge in [0.1, 0.15) is 0 Å². The van der Waals surface area contributed by atoms with Crippen LogP contribution < -0.4 is 5.32 Å². The van der Waals surface area contributed by atoms with Crippen LogP contribution in [0.25, 0.3) is 0 Å². The molecular weight excluding hydrogens is 246 g/mol. The van der Waals surface area contributed by atoms with Crippen LogP contribution in [0.5, 0.6) is 0 Å². The molecule has 1 aromatic heterocycles. The van der Waals surface area contributed by atoms with E-state index in [0.29, 0.717) is 5.82 Å². The molecule has 0 amide bonds. The van der Waals surface area contributed by atoms with E-state index in [1.54, 1.807) is 6.08 Å². The molecule has 1 N–H and O–H groups in total. The summed E-state index contributed by atoms with van der Waals surface area (Å²) >= 11 is 6.67. The molecule has 0 aliphatic carbocycles. The van der Waals surface area contributed by atoms with Gasteiger partial charge in [-0.3, -0.25) is 0 Å². The number of nitrogens with one attached hydrogen (secondary N) is 1. The smallest absolute Gasteiger partial charge is 0.186 e. The molecule has 0 bridgehead atoms. The second-order valence-electron chi connectivity index (χ2n) is 2.81. The van der Waals surface area contributed by atoms with E-state index < -0.39 is 9.84 Å². The molecule has 0 fully saturated rings. The lowest BCUT2D eigenvalue weighted by Gasteiger charge is -2.07. The monoisotopic (exact) mass is 251 g/mol. The number of aromatic nitrogens is 2. The molecule has 1 unspecified atom stereocenters. The second-order valence-corrected chi connectivity index (χ2v) is 5.63. The van der Waals surface area contributed by atoms with E-state index in [-0.39, 0.29) is 16.9 Å². The van der Waals surface area contributed by atoms with Crippen molar-refractivity contribution in [2.24, 2.45) is 0 Å². The molecule has 5 nitrogen and oxygen atoms in total. The van der Waals surface area contributed by atoms with Crippen molar-refractivity contribution < 1.29 is 8.42 Å². The summed E-state index contributed by atoms with van der Waals surface area (Å²) in [6.45, 7) is 0. The van der Waals surface area contributed by atoms with Gasteiger partial charge in [-0.15, -0.1) is 0 Å². The second kappa shape index (κ2) is 3.48. The largest absolute Gasteiger partial charge is 0.359 e. The first-order valence-electron chi connectivity index (χ1n) is 3.72. The van der Waals surface area contributed by atoms with Crippen molar-refractivity contribution in [2.45, 2.75) is 6.04 Å². The third-order valence-corrected chi connectivity index (χ3v) is 3.99. The number of sulfone groups is 1. The first kappa shape index (κ1) is 9.88. The van der Waals surface area contributed by atoms with Gasteiger partial charge in [-0.2, -0.15) is 8.75 Å². The van der Waals surface area contributed by atoms with Crippen LogP contribution in [-0.2, 0) is 9.84 Å². The lowest BCUT2D eigenvalue weighted by atomic mass is 10.3. The Balaban J connectivity index is 2.09. The Morgan fingerprint density at radius 1 is 1.57 bits per heavy atom. The first-order valence-corrected chi connectivity index (χ1v) is 6.55. The number of hydrogen-bond acceptors (Lipinski definition) is 6. The minimum Gasteiger partial charge on any atom is -0.359 e. The average molecular weight is 252 g/mol. The maximum absolute atomic E-state index is 11.1. The summed E-state index contributed by atoms with van der Waals surface area (Å²) in [4.78, 5) is 0. The minimum atomic E-state index is -3.04. The van der Waals surface area contributed by atoms with Crippen LogP contribution in [0.3, 0.4) is 0 Å². The fourth-order valence-corrected chi connectivity index (χ4v) is 3.00. The van der Waals surface area contributed by atoms with E-state index >= 15 is 0 Å². The molecule has 1 atom stereocenters. The van der Waals surface area contributed by atoms with Crippen molar-refractivity contribution >= 4 is 39.0 Å². The van der Waals surface area contributed by atoms with E-state index in [1.807, 2.05) is 0 Å². The Kier molecular flexibility index (Phi) is 2.46. The Morgan fingerprint density at radius 2 is 2.36 bits per heavy atom. The third-order valence-electron chi connectivity index (χ3n) is 1.70. The van der Waals surface area contributed by atoms with E-state index in [2.05, 4.69) is 14.1 Å². The van der Waals surface area contributed by atoms with Gasteiger partial charge in [0.15, 0.2) is 20.8 Å². The van der Waals surface area contributed by atoms with E-state index in [4.69, 9.17) is 11.6 Å². The molecule has 0 saturated carbocycles. The van der Waals surface area contributed by atoms with Crippen LogP contribution in [-0.4, -0.2) is 29.0 Å². The predicted molar refractivity (Wildman–Crippen MR) is 55.3 cm³/mol. The molecule has 0 aromatic carbocycles. The molecule has 0 radical (unpaired) electrons. The molecule has 1 aliphatic heterocycles. The number of anilines is 1. The summed E-state index contributed by atoms with van der Waals surface area (Å²) in [5.74, 6) is 0.476. The number of halogens is 1. The topological polar surface area (TPSA) is 72.0 Å². The summed E-state index contributed by atoms with van der Waals surface area (Å²) in [5, 5.41) is 4.35. The first-order chi connectivity index (χ1) is 6.57. The summed E-state index contributed by atoms with van der Waals surface area (Å²) < 4.78 is 29.8. The highest BCUT2D eigenvalue weighted by Gasteiger charge is 2.22. The fourth-order valence-electron chi connectivity index (χ4n) is 1.11. The number of hydrogen-bond donors (Lipinski definition) is 1. The number of nitrogens with zero attached hydrogens (tertiary/aromatic N) is 2. The van der Waals surface area contributed by atoms with Crippen molar-refractivity contribution in [2.75, 3.05) is 11.1 Å². The highest BCUT2D eigenvalue weighted by atomic mass is 35.5. The Hall–Kier alpha value is -0.660. The molecule has 14 heavy (non-hydrogen) atoms. The zero-order chi connectivity index (χ0) is 10.2. The molecule has 0 saturated heterocycles. The van der Waals surface area contributed by atoms with Gasteiger partial charge >= 0.3 is 0 Å². The van der Waals surface area contributed by atoms with Gasteiger partial charge < -0.3 is 5.32 Å².